The molecule has 2 aliphatic rings. The van der Waals surface area contributed by atoms with E-state index in [2.05, 4.69) is 44.8 Å². The molecule has 31 heavy (non-hydrogen) atoms. The molecule has 0 unspecified atom stereocenters. The number of halogens is 1. The number of aliphatic imine (C=N–C) groups is 1. The van der Waals surface area contributed by atoms with Crippen LogP contribution >= 0.6 is 24.0 Å². The first-order valence-electron chi connectivity index (χ1n) is 11.1. The van der Waals surface area contributed by atoms with Gasteiger partial charge in [-0.25, -0.2) is 0 Å². The predicted molar refractivity (Wildman–Crippen MR) is 134 cm³/mol. The Hall–Kier alpha value is -1.39. The van der Waals surface area contributed by atoms with Gasteiger partial charge in [-0.2, -0.15) is 0 Å². The number of hydrogen-bond acceptors (Lipinski definition) is 4. The van der Waals surface area contributed by atoms with Gasteiger partial charge < -0.3 is 25.0 Å². The number of piperidine rings is 1. The van der Waals surface area contributed by atoms with E-state index in [1.165, 1.54) is 11.1 Å². The fourth-order valence-electron chi connectivity index (χ4n) is 4.04. The number of nitrogens with one attached hydrogen (secondary N) is 2. The summed E-state index contributed by atoms with van der Waals surface area (Å²) in [6.07, 6.45) is 4.98. The highest BCUT2D eigenvalue weighted by Crippen LogP contribution is 2.20. The van der Waals surface area contributed by atoms with E-state index in [0.29, 0.717) is 25.0 Å². The van der Waals surface area contributed by atoms with Gasteiger partial charge in [-0.15, -0.1) is 24.0 Å². The van der Waals surface area contributed by atoms with E-state index >= 15 is 0 Å². The van der Waals surface area contributed by atoms with E-state index < -0.39 is 0 Å². The lowest BCUT2D eigenvalue weighted by molar-refractivity contribution is -0.121. The van der Waals surface area contributed by atoms with E-state index in [-0.39, 0.29) is 29.9 Å². The SMILES string of the molecule is CN=C(NCc1ccc(COC2CCOCC2)cc1)N1CCC(CC(=O)NC)CC1.I. The summed E-state index contributed by atoms with van der Waals surface area (Å²) in [5.74, 6) is 1.54. The third kappa shape index (κ3) is 8.57. The van der Waals surface area contributed by atoms with Crippen molar-refractivity contribution in [3.05, 3.63) is 35.4 Å². The zero-order valence-electron chi connectivity index (χ0n) is 18.8. The second-order valence-electron chi connectivity index (χ2n) is 8.15. The minimum Gasteiger partial charge on any atom is -0.381 e. The average molecular weight is 544 g/mol. The normalized spacial score (nSPS) is 18.4. The molecule has 2 N–H and O–H groups in total. The molecule has 1 aromatic rings. The lowest BCUT2D eigenvalue weighted by Gasteiger charge is -2.34. The summed E-state index contributed by atoms with van der Waals surface area (Å²) < 4.78 is 11.4. The van der Waals surface area contributed by atoms with Crippen molar-refractivity contribution in [3.63, 3.8) is 0 Å². The van der Waals surface area contributed by atoms with Crippen LogP contribution in [0.15, 0.2) is 29.3 Å². The zero-order valence-corrected chi connectivity index (χ0v) is 21.1. The smallest absolute Gasteiger partial charge is 0.220 e. The summed E-state index contributed by atoms with van der Waals surface area (Å²) in [7, 11) is 3.53. The number of rotatable bonds is 7. The molecule has 2 heterocycles. The number of carbonyl (C=O) groups is 1. The second-order valence-corrected chi connectivity index (χ2v) is 8.15. The Labute approximate surface area is 203 Å². The van der Waals surface area contributed by atoms with Crippen LogP contribution in [0.4, 0.5) is 0 Å². The highest BCUT2D eigenvalue weighted by Gasteiger charge is 2.23. The van der Waals surface area contributed by atoms with Crippen LogP contribution in [0.2, 0.25) is 0 Å². The molecule has 2 aliphatic heterocycles. The molecule has 2 saturated heterocycles. The van der Waals surface area contributed by atoms with Crippen molar-refractivity contribution in [2.45, 2.75) is 51.4 Å². The van der Waals surface area contributed by atoms with Crippen molar-refractivity contribution in [1.82, 2.24) is 15.5 Å². The maximum absolute atomic E-state index is 11.6. The third-order valence-electron chi connectivity index (χ3n) is 6.01. The molecule has 0 bridgehead atoms. The highest BCUT2D eigenvalue weighted by atomic mass is 127. The average Bonchev–Trinajstić information content (AvgIpc) is 2.80. The van der Waals surface area contributed by atoms with E-state index in [0.717, 1.165) is 64.5 Å². The van der Waals surface area contributed by atoms with E-state index in [1.54, 1.807) is 7.05 Å². The van der Waals surface area contributed by atoms with E-state index in [9.17, 15) is 4.79 Å². The lowest BCUT2D eigenvalue weighted by atomic mass is 9.93. The third-order valence-corrected chi connectivity index (χ3v) is 6.01. The standard InChI is InChI=1S/C23H36N4O3.HI/c1-24-22(28)15-18-7-11-27(12-8-18)23(25-2)26-16-19-3-5-20(6-4-19)17-30-21-9-13-29-14-10-21;/h3-6,18,21H,7-17H2,1-2H3,(H,24,28)(H,25,26);1H. The number of nitrogens with zero attached hydrogens (tertiary/aromatic N) is 2. The topological polar surface area (TPSA) is 75.2 Å². The van der Waals surface area contributed by atoms with Crippen molar-refractivity contribution in [2.24, 2.45) is 10.9 Å². The number of carbonyl (C=O) groups excluding carboxylic acids is 1. The number of benzene rings is 1. The van der Waals surface area contributed by atoms with Crippen LogP contribution in [0.5, 0.6) is 0 Å². The molecule has 0 aliphatic carbocycles. The van der Waals surface area contributed by atoms with Gasteiger partial charge in [0.1, 0.15) is 0 Å². The molecule has 0 spiro atoms. The van der Waals surface area contributed by atoms with Crippen LogP contribution in [0.1, 0.15) is 43.2 Å². The maximum atomic E-state index is 11.6. The summed E-state index contributed by atoms with van der Waals surface area (Å²) in [6.45, 7) is 4.88. The summed E-state index contributed by atoms with van der Waals surface area (Å²) in [6, 6.07) is 8.59. The van der Waals surface area contributed by atoms with Crippen LogP contribution in [0.3, 0.4) is 0 Å². The first kappa shape index (κ1) is 25.9. The highest BCUT2D eigenvalue weighted by molar-refractivity contribution is 14.0. The number of ether oxygens (including phenoxy) is 2. The summed E-state index contributed by atoms with van der Waals surface area (Å²) >= 11 is 0. The fourth-order valence-corrected chi connectivity index (χ4v) is 4.04. The minimum atomic E-state index is 0. The first-order chi connectivity index (χ1) is 14.7. The molecule has 1 aromatic carbocycles. The Morgan fingerprint density at radius 2 is 1.77 bits per heavy atom. The monoisotopic (exact) mass is 544 g/mol. The number of likely N-dealkylation sites (tertiary alicyclic amines) is 1. The van der Waals surface area contributed by atoms with Gasteiger partial charge in [-0.05, 0) is 42.7 Å². The van der Waals surface area contributed by atoms with Crippen LogP contribution in [-0.4, -0.2) is 63.3 Å². The van der Waals surface area contributed by atoms with Crippen molar-refractivity contribution in [1.29, 1.82) is 0 Å². The first-order valence-corrected chi connectivity index (χ1v) is 11.1. The predicted octanol–water partition coefficient (Wildman–Crippen LogP) is 2.92. The number of guanidine groups is 1. The summed E-state index contributed by atoms with van der Waals surface area (Å²) in [5.41, 5.74) is 2.42. The van der Waals surface area contributed by atoms with Gasteiger partial charge in [0.05, 0.1) is 12.7 Å². The second kappa shape index (κ2) is 13.9. The number of amides is 1. The molecule has 2 fully saturated rings. The van der Waals surface area contributed by atoms with Crippen molar-refractivity contribution < 1.29 is 14.3 Å². The van der Waals surface area contributed by atoms with Gasteiger partial charge in [-0.3, -0.25) is 9.79 Å². The van der Waals surface area contributed by atoms with Gasteiger partial charge in [0.15, 0.2) is 5.96 Å². The van der Waals surface area contributed by atoms with Crippen molar-refractivity contribution in [2.75, 3.05) is 40.4 Å². The number of hydrogen-bond donors (Lipinski definition) is 2. The minimum absolute atomic E-state index is 0. The van der Waals surface area contributed by atoms with Crippen molar-refractivity contribution >= 4 is 35.8 Å². The molecule has 0 saturated carbocycles. The van der Waals surface area contributed by atoms with E-state index in [1.807, 2.05) is 7.05 Å². The Balaban J connectivity index is 0.00000341. The van der Waals surface area contributed by atoms with Gasteiger partial charge in [-0.1, -0.05) is 24.3 Å². The van der Waals surface area contributed by atoms with Crippen molar-refractivity contribution in [3.8, 4) is 0 Å². The Kier molecular flexibility index (Phi) is 11.6. The molecule has 3 rings (SSSR count). The Morgan fingerprint density at radius 1 is 1.13 bits per heavy atom. The summed E-state index contributed by atoms with van der Waals surface area (Å²) in [4.78, 5) is 18.3. The zero-order chi connectivity index (χ0) is 21.2. The molecule has 174 valence electrons. The van der Waals surface area contributed by atoms with Gasteiger partial charge in [0, 0.05) is 53.4 Å². The molecule has 0 aromatic heterocycles. The molecular formula is C23H37IN4O3. The quantitative estimate of drug-likeness (QED) is 0.314. The fraction of sp³-hybridized carbons (Fsp3) is 0.652. The van der Waals surface area contributed by atoms with Crippen LogP contribution < -0.4 is 10.6 Å². The van der Waals surface area contributed by atoms with Gasteiger partial charge >= 0.3 is 0 Å². The molecule has 8 heteroatoms. The maximum Gasteiger partial charge on any atom is 0.220 e. The molecule has 1 amide bonds. The Morgan fingerprint density at radius 3 is 2.39 bits per heavy atom. The molecule has 7 nitrogen and oxygen atoms in total. The van der Waals surface area contributed by atoms with Gasteiger partial charge in [0.25, 0.3) is 0 Å². The van der Waals surface area contributed by atoms with Crippen LogP contribution in [-0.2, 0) is 27.4 Å². The molecular weight excluding hydrogens is 507 g/mol. The largest absolute Gasteiger partial charge is 0.381 e. The van der Waals surface area contributed by atoms with E-state index in [4.69, 9.17) is 9.47 Å². The van der Waals surface area contributed by atoms with Crippen LogP contribution in [0.25, 0.3) is 0 Å². The summed E-state index contributed by atoms with van der Waals surface area (Å²) in [5, 5.41) is 6.20. The molecule has 0 radical (unpaired) electrons. The Bertz CT molecular complexity index is 685. The van der Waals surface area contributed by atoms with Gasteiger partial charge in [0.2, 0.25) is 5.91 Å². The van der Waals surface area contributed by atoms with Crippen LogP contribution in [0, 0.1) is 5.92 Å². The molecule has 0 atom stereocenters. The lowest BCUT2D eigenvalue weighted by Crippen LogP contribution is -2.45.